The Morgan fingerprint density at radius 1 is 1.03 bits per heavy atom. The van der Waals surface area contributed by atoms with Gasteiger partial charge in [-0.25, -0.2) is 9.07 Å². The van der Waals surface area contributed by atoms with Crippen LogP contribution in [0.1, 0.15) is 35.8 Å². The second kappa shape index (κ2) is 8.53. The summed E-state index contributed by atoms with van der Waals surface area (Å²) in [7, 11) is 0. The molecule has 9 nitrogen and oxygen atoms in total. The molecule has 10 heteroatoms. The first kappa shape index (κ1) is 20.8. The van der Waals surface area contributed by atoms with E-state index in [4.69, 9.17) is 9.47 Å². The quantitative estimate of drug-likeness (QED) is 0.487. The van der Waals surface area contributed by atoms with E-state index in [0.717, 1.165) is 36.9 Å². The zero-order valence-corrected chi connectivity index (χ0v) is 18.4. The molecule has 1 fully saturated rings. The van der Waals surface area contributed by atoms with Gasteiger partial charge in [0.2, 0.25) is 0 Å². The van der Waals surface area contributed by atoms with E-state index in [0.29, 0.717) is 48.2 Å². The van der Waals surface area contributed by atoms with Crippen molar-refractivity contribution in [2.24, 2.45) is 0 Å². The first-order valence-corrected chi connectivity index (χ1v) is 11.4. The number of halogens is 1. The van der Waals surface area contributed by atoms with E-state index in [-0.39, 0.29) is 11.4 Å². The maximum absolute atomic E-state index is 13.4. The largest absolute Gasteiger partial charge is 0.486 e. The van der Waals surface area contributed by atoms with Crippen LogP contribution in [0, 0.1) is 5.82 Å². The third-order valence-electron chi connectivity index (χ3n) is 6.39. The predicted molar refractivity (Wildman–Crippen MR) is 122 cm³/mol. The van der Waals surface area contributed by atoms with Gasteiger partial charge in [0.15, 0.2) is 17.3 Å². The monoisotopic (exact) mass is 462 g/mol. The zero-order valence-electron chi connectivity index (χ0n) is 18.4. The van der Waals surface area contributed by atoms with Gasteiger partial charge in [0.1, 0.15) is 25.1 Å². The number of hydrogen-bond acceptors (Lipinski definition) is 7. The minimum absolute atomic E-state index is 0.197. The lowest BCUT2D eigenvalue weighted by atomic mass is 10.0. The summed E-state index contributed by atoms with van der Waals surface area (Å²) < 4.78 is 26.4. The molecule has 1 saturated heterocycles. The molecule has 4 heterocycles. The molecule has 4 aromatic rings. The Balaban J connectivity index is 1.45. The number of ether oxygens (including phenoxy) is 2. The van der Waals surface area contributed by atoms with Crippen molar-refractivity contribution < 1.29 is 13.9 Å². The first-order valence-electron chi connectivity index (χ1n) is 11.4. The maximum Gasteiger partial charge on any atom is 0.253 e. The number of nitrogens with zero attached hydrogens (tertiary/aromatic N) is 5. The van der Waals surface area contributed by atoms with Gasteiger partial charge in [0.25, 0.3) is 5.56 Å². The van der Waals surface area contributed by atoms with E-state index in [1.165, 1.54) is 12.1 Å². The normalized spacial score (nSPS) is 16.7. The minimum Gasteiger partial charge on any atom is -0.486 e. The molecule has 34 heavy (non-hydrogen) atoms. The van der Waals surface area contributed by atoms with Crippen molar-refractivity contribution in [1.29, 1.82) is 0 Å². The number of aromatic amines is 1. The molecular weight excluding hydrogens is 439 g/mol. The Kier molecular flexibility index (Phi) is 5.21. The molecule has 174 valence electrons. The number of hydrogen-bond donors (Lipinski definition) is 1. The summed E-state index contributed by atoms with van der Waals surface area (Å²) in [4.78, 5) is 18.6. The lowest BCUT2D eigenvalue weighted by molar-refractivity contribution is 0.172. The van der Waals surface area contributed by atoms with Gasteiger partial charge in [-0.05, 0) is 66.2 Å². The van der Waals surface area contributed by atoms with Crippen LogP contribution in [-0.4, -0.2) is 56.4 Å². The van der Waals surface area contributed by atoms with Crippen molar-refractivity contribution in [3.8, 4) is 11.5 Å². The Morgan fingerprint density at radius 3 is 2.53 bits per heavy atom. The molecule has 0 aliphatic carbocycles. The zero-order chi connectivity index (χ0) is 23.1. The molecule has 0 bridgehead atoms. The third-order valence-corrected chi connectivity index (χ3v) is 6.39. The Hall–Kier alpha value is -3.79. The van der Waals surface area contributed by atoms with Crippen LogP contribution in [0.2, 0.25) is 0 Å². The van der Waals surface area contributed by atoms with Crippen molar-refractivity contribution in [3.63, 3.8) is 0 Å². The summed E-state index contributed by atoms with van der Waals surface area (Å²) >= 11 is 0. The number of pyridine rings is 1. The van der Waals surface area contributed by atoms with Crippen molar-refractivity contribution in [2.45, 2.75) is 25.4 Å². The molecule has 0 spiro atoms. The maximum atomic E-state index is 13.4. The fourth-order valence-electron chi connectivity index (χ4n) is 4.74. The number of aromatic nitrogens is 5. The van der Waals surface area contributed by atoms with E-state index in [9.17, 15) is 9.18 Å². The standard InChI is InChI=1S/C24H23FN6O3/c25-17-5-3-15(4-6-17)14-31-23(27-28-29-31)22(30-7-1-2-8-30)18-11-16-12-20-21(34-10-9-33-20)13-19(16)26-24(18)32/h3-6,11-13,22H,1-2,7-10,14H2,(H,26,32). The van der Waals surface area contributed by atoms with Gasteiger partial charge in [0.05, 0.1) is 12.1 Å². The van der Waals surface area contributed by atoms with E-state index in [2.05, 4.69) is 25.4 Å². The van der Waals surface area contributed by atoms with Crippen LogP contribution in [0.5, 0.6) is 11.5 Å². The molecule has 1 atom stereocenters. The fraction of sp³-hybridized carbons (Fsp3) is 0.333. The molecule has 2 aliphatic heterocycles. The average molecular weight is 462 g/mol. The van der Waals surface area contributed by atoms with Crippen LogP contribution in [0.15, 0.2) is 47.3 Å². The van der Waals surface area contributed by atoms with Gasteiger partial charge in [-0.15, -0.1) is 5.10 Å². The van der Waals surface area contributed by atoms with Crippen LogP contribution in [0.25, 0.3) is 10.9 Å². The van der Waals surface area contributed by atoms with E-state index >= 15 is 0 Å². The number of likely N-dealkylation sites (tertiary alicyclic amines) is 1. The van der Waals surface area contributed by atoms with Crippen LogP contribution in [0.4, 0.5) is 4.39 Å². The summed E-state index contributed by atoms with van der Waals surface area (Å²) in [6.45, 7) is 3.02. The van der Waals surface area contributed by atoms with Gasteiger partial charge in [-0.3, -0.25) is 9.69 Å². The molecule has 0 saturated carbocycles. The summed E-state index contributed by atoms with van der Waals surface area (Å²) in [5, 5.41) is 13.3. The molecular formula is C24H23FN6O3. The number of rotatable bonds is 5. The van der Waals surface area contributed by atoms with Crippen LogP contribution < -0.4 is 15.0 Å². The summed E-state index contributed by atoms with van der Waals surface area (Å²) in [6.07, 6.45) is 2.08. The molecule has 0 radical (unpaired) electrons. The van der Waals surface area contributed by atoms with Crippen molar-refractivity contribution >= 4 is 10.9 Å². The first-order chi connectivity index (χ1) is 16.7. The average Bonchev–Trinajstić information content (AvgIpc) is 3.53. The number of benzene rings is 2. The van der Waals surface area contributed by atoms with Crippen LogP contribution >= 0.6 is 0 Å². The molecule has 2 aromatic carbocycles. The topological polar surface area (TPSA) is 98.2 Å². The predicted octanol–water partition coefficient (Wildman–Crippen LogP) is 2.66. The highest BCUT2D eigenvalue weighted by Gasteiger charge is 2.32. The van der Waals surface area contributed by atoms with Gasteiger partial charge in [-0.1, -0.05) is 12.1 Å². The Morgan fingerprint density at radius 2 is 1.76 bits per heavy atom. The third kappa shape index (κ3) is 3.79. The van der Waals surface area contributed by atoms with Crippen LogP contribution in [0.3, 0.4) is 0 Å². The number of nitrogens with one attached hydrogen (secondary N) is 1. The second-order valence-electron chi connectivity index (χ2n) is 8.60. The Bertz CT molecular complexity index is 1390. The lowest BCUT2D eigenvalue weighted by Gasteiger charge is -2.26. The van der Waals surface area contributed by atoms with Gasteiger partial charge < -0.3 is 14.5 Å². The van der Waals surface area contributed by atoms with Crippen LogP contribution in [-0.2, 0) is 6.54 Å². The van der Waals surface area contributed by atoms with Crippen molar-refractivity contribution in [3.05, 3.63) is 75.6 Å². The highest BCUT2D eigenvalue weighted by atomic mass is 19.1. The van der Waals surface area contributed by atoms with Gasteiger partial charge in [-0.2, -0.15) is 0 Å². The molecule has 6 rings (SSSR count). The second-order valence-corrected chi connectivity index (χ2v) is 8.60. The van der Waals surface area contributed by atoms with E-state index < -0.39 is 6.04 Å². The summed E-state index contributed by atoms with van der Waals surface area (Å²) in [5.41, 5.74) is 1.93. The van der Waals surface area contributed by atoms with Gasteiger partial charge in [0, 0.05) is 17.0 Å². The fourth-order valence-corrected chi connectivity index (χ4v) is 4.74. The van der Waals surface area contributed by atoms with Crippen molar-refractivity contribution in [2.75, 3.05) is 26.3 Å². The Labute approximate surface area is 194 Å². The van der Waals surface area contributed by atoms with E-state index in [1.807, 2.05) is 12.1 Å². The highest BCUT2D eigenvalue weighted by molar-refractivity contribution is 5.83. The van der Waals surface area contributed by atoms with E-state index in [1.54, 1.807) is 22.9 Å². The van der Waals surface area contributed by atoms with Crippen molar-refractivity contribution in [1.82, 2.24) is 30.1 Å². The minimum atomic E-state index is -0.417. The SMILES string of the molecule is O=c1[nH]c2cc3c(cc2cc1C(c1nnnn1Cc1ccc(F)cc1)N1CCCC1)OCCO3. The summed E-state index contributed by atoms with van der Waals surface area (Å²) in [6, 6.07) is 11.4. The lowest BCUT2D eigenvalue weighted by Crippen LogP contribution is -2.33. The number of fused-ring (bicyclic) bond motifs is 2. The van der Waals surface area contributed by atoms with Gasteiger partial charge >= 0.3 is 0 Å². The smallest absolute Gasteiger partial charge is 0.253 e. The molecule has 1 N–H and O–H groups in total. The molecule has 0 amide bonds. The molecule has 2 aromatic heterocycles. The summed E-state index contributed by atoms with van der Waals surface area (Å²) in [5.74, 6) is 1.57. The number of tetrazole rings is 1. The molecule has 1 unspecified atom stereocenters. The number of H-pyrrole nitrogens is 1. The molecule has 2 aliphatic rings. The highest BCUT2D eigenvalue weighted by Crippen LogP contribution is 2.35.